The zero-order valence-electron chi connectivity index (χ0n) is 11.0. The van der Waals surface area contributed by atoms with Gasteiger partial charge in [0.15, 0.2) is 0 Å². The summed E-state index contributed by atoms with van der Waals surface area (Å²) in [6, 6.07) is 8.74. The van der Waals surface area contributed by atoms with Gasteiger partial charge in [-0.05, 0) is 22.4 Å². The highest BCUT2D eigenvalue weighted by Gasteiger charge is 2.17. The summed E-state index contributed by atoms with van der Waals surface area (Å²) in [4.78, 5) is 5.12. The topological polar surface area (TPSA) is 6.48 Å². The molecule has 1 saturated heterocycles. The minimum absolute atomic E-state index is 1.09. The summed E-state index contributed by atoms with van der Waals surface area (Å²) in [7, 11) is 0. The molecule has 1 aromatic heterocycles. The lowest BCUT2D eigenvalue weighted by molar-refractivity contribution is 0.133. The molecule has 2 nitrogen and oxygen atoms in total. The molecule has 1 aliphatic rings. The van der Waals surface area contributed by atoms with Crippen LogP contribution in [0.4, 0.5) is 0 Å². The summed E-state index contributed by atoms with van der Waals surface area (Å²) < 4.78 is 1.41. The van der Waals surface area contributed by atoms with Gasteiger partial charge >= 0.3 is 0 Å². The molecule has 1 aromatic carbocycles. The lowest BCUT2D eigenvalue weighted by Gasteiger charge is -2.34. The average molecular weight is 339 g/mol. The Morgan fingerprint density at radius 1 is 1.05 bits per heavy atom. The first-order valence-corrected chi connectivity index (χ1v) is 8.83. The Morgan fingerprint density at radius 3 is 2.58 bits per heavy atom. The molecule has 0 atom stereocenters. The summed E-state index contributed by atoms with van der Waals surface area (Å²) in [6.45, 7) is 7.07. The molecule has 4 heteroatoms. The van der Waals surface area contributed by atoms with Crippen LogP contribution < -0.4 is 0 Å². The number of halogens is 1. The van der Waals surface area contributed by atoms with Crippen molar-refractivity contribution in [3.8, 4) is 0 Å². The van der Waals surface area contributed by atoms with Crippen molar-refractivity contribution in [2.75, 3.05) is 38.1 Å². The standard InChI is InChI=1S/C15H19BrN2S/c16-5-6-17-7-9-18(10-8-17)11-13-12-19-15-4-2-1-3-14(13)15/h1-4,12H,5-11H2. The van der Waals surface area contributed by atoms with E-state index in [-0.39, 0.29) is 0 Å². The van der Waals surface area contributed by atoms with Crippen LogP contribution >= 0.6 is 27.3 Å². The molecule has 2 heterocycles. The van der Waals surface area contributed by atoms with E-state index in [9.17, 15) is 0 Å². The summed E-state index contributed by atoms with van der Waals surface area (Å²) in [5, 5.41) is 4.85. The van der Waals surface area contributed by atoms with Crippen LogP contribution in [0.1, 0.15) is 5.56 Å². The highest BCUT2D eigenvalue weighted by molar-refractivity contribution is 9.09. The smallest absolute Gasteiger partial charge is 0.0346 e. The molecule has 0 spiro atoms. The number of nitrogens with zero attached hydrogens (tertiary/aromatic N) is 2. The van der Waals surface area contributed by atoms with Crippen molar-refractivity contribution in [2.45, 2.75) is 6.54 Å². The molecular weight excluding hydrogens is 320 g/mol. The van der Waals surface area contributed by atoms with Crippen molar-refractivity contribution in [3.63, 3.8) is 0 Å². The zero-order chi connectivity index (χ0) is 13.1. The number of fused-ring (bicyclic) bond motifs is 1. The van der Waals surface area contributed by atoms with Gasteiger partial charge in [-0.1, -0.05) is 34.1 Å². The summed E-state index contributed by atoms with van der Waals surface area (Å²) in [6.07, 6.45) is 0. The van der Waals surface area contributed by atoms with Gasteiger partial charge in [-0.3, -0.25) is 9.80 Å². The van der Waals surface area contributed by atoms with Gasteiger partial charge in [0.1, 0.15) is 0 Å². The van der Waals surface area contributed by atoms with Gasteiger partial charge in [0.2, 0.25) is 0 Å². The third-order valence-electron chi connectivity index (χ3n) is 3.82. The Balaban J connectivity index is 1.63. The predicted molar refractivity (Wildman–Crippen MR) is 87.3 cm³/mol. The Hall–Kier alpha value is -0.420. The van der Waals surface area contributed by atoms with Gasteiger partial charge in [0, 0.05) is 49.3 Å². The first-order valence-electron chi connectivity index (χ1n) is 6.82. The van der Waals surface area contributed by atoms with E-state index in [4.69, 9.17) is 0 Å². The second-order valence-corrected chi connectivity index (χ2v) is 6.77. The minimum Gasteiger partial charge on any atom is -0.300 e. The molecular formula is C15H19BrN2S. The van der Waals surface area contributed by atoms with E-state index >= 15 is 0 Å². The molecule has 1 fully saturated rings. The van der Waals surface area contributed by atoms with Crippen molar-refractivity contribution < 1.29 is 0 Å². The SMILES string of the molecule is BrCCN1CCN(Cc2csc3ccccc23)CC1. The maximum atomic E-state index is 3.52. The first kappa shape index (κ1) is 13.6. The molecule has 0 aliphatic carbocycles. The van der Waals surface area contributed by atoms with Gasteiger partial charge in [-0.25, -0.2) is 0 Å². The van der Waals surface area contributed by atoms with Crippen molar-refractivity contribution in [1.29, 1.82) is 0 Å². The quantitative estimate of drug-likeness (QED) is 0.788. The van der Waals surface area contributed by atoms with E-state index in [2.05, 4.69) is 55.4 Å². The summed E-state index contributed by atoms with van der Waals surface area (Å²) in [5.41, 5.74) is 1.49. The molecule has 0 unspecified atom stereocenters. The van der Waals surface area contributed by atoms with Gasteiger partial charge in [0.05, 0.1) is 0 Å². The molecule has 0 amide bonds. The Morgan fingerprint density at radius 2 is 1.79 bits per heavy atom. The number of piperazine rings is 1. The van der Waals surface area contributed by atoms with E-state index in [0.717, 1.165) is 11.9 Å². The van der Waals surface area contributed by atoms with Crippen molar-refractivity contribution in [2.24, 2.45) is 0 Å². The molecule has 1 aliphatic heterocycles. The maximum Gasteiger partial charge on any atom is 0.0346 e. The molecule has 19 heavy (non-hydrogen) atoms. The van der Waals surface area contributed by atoms with E-state index in [1.165, 1.54) is 48.4 Å². The van der Waals surface area contributed by atoms with Gasteiger partial charge in [0.25, 0.3) is 0 Å². The monoisotopic (exact) mass is 338 g/mol. The third kappa shape index (κ3) is 3.19. The van der Waals surface area contributed by atoms with E-state index in [1.807, 2.05) is 11.3 Å². The van der Waals surface area contributed by atoms with Crippen molar-refractivity contribution in [1.82, 2.24) is 9.80 Å². The lowest BCUT2D eigenvalue weighted by atomic mass is 10.1. The summed E-state index contributed by atoms with van der Waals surface area (Å²) >= 11 is 5.39. The highest BCUT2D eigenvalue weighted by atomic mass is 79.9. The van der Waals surface area contributed by atoms with Crippen LogP contribution in [0.25, 0.3) is 10.1 Å². The Kier molecular flexibility index (Phi) is 4.53. The average Bonchev–Trinajstić information content (AvgIpc) is 2.85. The molecule has 102 valence electrons. The number of rotatable bonds is 4. The van der Waals surface area contributed by atoms with Crippen molar-refractivity contribution in [3.05, 3.63) is 35.2 Å². The molecule has 0 N–H and O–H groups in total. The van der Waals surface area contributed by atoms with Crippen LogP contribution in [0.5, 0.6) is 0 Å². The third-order valence-corrected chi connectivity index (χ3v) is 5.19. The fraction of sp³-hybridized carbons (Fsp3) is 0.467. The summed E-state index contributed by atoms with van der Waals surface area (Å²) in [5.74, 6) is 0. The van der Waals surface area contributed by atoms with E-state index in [1.54, 1.807) is 0 Å². The second-order valence-electron chi connectivity index (χ2n) is 5.06. The number of thiophene rings is 1. The Bertz CT molecular complexity index is 532. The van der Waals surface area contributed by atoms with Crippen LogP contribution in [0.3, 0.4) is 0 Å². The van der Waals surface area contributed by atoms with Crippen LogP contribution in [0.2, 0.25) is 0 Å². The molecule has 3 rings (SSSR count). The van der Waals surface area contributed by atoms with Crippen LogP contribution in [-0.2, 0) is 6.54 Å². The lowest BCUT2D eigenvalue weighted by Crippen LogP contribution is -2.46. The fourth-order valence-electron chi connectivity index (χ4n) is 2.69. The fourth-order valence-corrected chi connectivity index (χ4v) is 4.14. The predicted octanol–water partition coefficient (Wildman–Crippen LogP) is 3.41. The molecule has 0 radical (unpaired) electrons. The number of hydrogen-bond acceptors (Lipinski definition) is 3. The maximum absolute atomic E-state index is 3.52. The van der Waals surface area contributed by atoms with E-state index in [0.29, 0.717) is 0 Å². The van der Waals surface area contributed by atoms with Gasteiger partial charge in [-0.2, -0.15) is 0 Å². The second kappa shape index (κ2) is 6.35. The van der Waals surface area contributed by atoms with Crippen LogP contribution in [-0.4, -0.2) is 47.9 Å². The normalized spacial score (nSPS) is 18.2. The highest BCUT2D eigenvalue weighted by Crippen LogP contribution is 2.26. The zero-order valence-corrected chi connectivity index (χ0v) is 13.4. The molecule has 0 saturated carbocycles. The van der Waals surface area contributed by atoms with E-state index < -0.39 is 0 Å². The first-order chi connectivity index (χ1) is 9.36. The number of benzene rings is 1. The van der Waals surface area contributed by atoms with Crippen LogP contribution in [0.15, 0.2) is 29.6 Å². The Labute approximate surface area is 127 Å². The van der Waals surface area contributed by atoms with Crippen molar-refractivity contribution >= 4 is 37.4 Å². The minimum atomic E-state index is 1.09. The van der Waals surface area contributed by atoms with Gasteiger partial charge < -0.3 is 0 Å². The van der Waals surface area contributed by atoms with Crippen LogP contribution in [0, 0.1) is 0 Å². The molecule has 2 aromatic rings. The number of alkyl halides is 1. The number of hydrogen-bond donors (Lipinski definition) is 0. The van der Waals surface area contributed by atoms with Gasteiger partial charge in [-0.15, -0.1) is 11.3 Å². The largest absolute Gasteiger partial charge is 0.300 e. The molecule has 0 bridgehead atoms.